The molecular weight excluding hydrogens is 568 g/mol. The highest BCUT2D eigenvalue weighted by atomic mass is 16.3. The number of hydrogen-bond acceptors (Lipinski definition) is 8. The van der Waals surface area contributed by atoms with Gasteiger partial charge in [0.25, 0.3) is 0 Å². The summed E-state index contributed by atoms with van der Waals surface area (Å²) >= 11 is 0. The number of amides is 3. The maximum Gasteiger partial charge on any atom is 0.249 e. The molecule has 0 spiro atoms. The van der Waals surface area contributed by atoms with Crippen molar-refractivity contribution in [3.63, 3.8) is 0 Å². The smallest absolute Gasteiger partial charge is 0.249 e. The number of rotatable bonds is 15. The molecule has 0 aliphatic carbocycles. The molecule has 1 fully saturated rings. The van der Waals surface area contributed by atoms with E-state index in [-0.39, 0.29) is 49.4 Å². The minimum Gasteiger partial charge on any atom is -0.508 e. The summed E-state index contributed by atoms with van der Waals surface area (Å²) in [5, 5.41) is 45.1. The Labute approximate surface area is 257 Å². The van der Waals surface area contributed by atoms with Gasteiger partial charge in [-0.05, 0) is 73.4 Å². The number of carbonyl (C=O) groups is 3. The summed E-state index contributed by atoms with van der Waals surface area (Å²) in [6.45, 7) is 2.26. The molecule has 2 unspecified atom stereocenters. The average molecular weight is 613 g/mol. The number of nitrogens with two attached hydrogens (primary N) is 2. The molecule has 0 bridgehead atoms. The van der Waals surface area contributed by atoms with Crippen LogP contribution in [0.3, 0.4) is 0 Å². The van der Waals surface area contributed by atoms with Crippen molar-refractivity contribution in [1.29, 1.82) is 0 Å². The lowest BCUT2D eigenvalue weighted by molar-refractivity contribution is -0.143. The Kier molecular flexibility index (Phi) is 12.8. The molecular formula is C31H44N6O7. The van der Waals surface area contributed by atoms with Crippen molar-refractivity contribution >= 4 is 23.7 Å². The van der Waals surface area contributed by atoms with Crippen molar-refractivity contribution in [2.24, 2.45) is 22.4 Å². The summed E-state index contributed by atoms with van der Waals surface area (Å²) in [4.78, 5) is 45.7. The average Bonchev–Trinajstić information content (AvgIpc) is 3.40. The number of benzene rings is 2. The summed E-state index contributed by atoms with van der Waals surface area (Å²) < 4.78 is 0. The van der Waals surface area contributed by atoms with Crippen LogP contribution in [0.4, 0.5) is 0 Å². The standard InChI is InChI=1S/C31H44N6O7/c1-19-15-26(28(42)35-22(18-38)3-2-14-34-31(32)33)37(17-19)30(44)25(16-21-6-11-24(40)12-7-21)36-29(43)27(41)13-8-20-4-9-23(39)10-5-20/h4-7,9-12,19,22,25-27,38-41H,2-3,8,13-18H2,1H3,(H,35,42)(H,36,43)(H4,32,33,34)/t19?,22-,25-,26+,27?/m1/s1. The van der Waals surface area contributed by atoms with Gasteiger partial charge in [0.1, 0.15) is 29.7 Å². The van der Waals surface area contributed by atoms with E-state index in [2.05, 4.69) is 15.6 Å². The number of aryl methyl sites for hydroxylation is 1. The Morgan fingerprint density at radius 3 is 2.18 bits per heavy atom. The van der Waals surface area contributed by atoms with Gasteiger partial charge in [-0.3, -0.25) is 19.4 Å². The molecule has 44 heavy (non-hydrogen) atoms. The van der Waals surface area contributed by atoms with Gasteiger partial charge in [-0.2, -0.15) is 0 Å². The highest BCUT2D eigenvalue weighted by Crippen LogP contribution is 2.25. The first kappa shape index (κ1) is 34.1. The number of aliphatic hydroxyl groups is 2. The zero-order valence-corrected chi connectivity index (χ0v) is 24.9. The van der Waals surface area contributed by atoms with Crippen molar-refractivity contribution in [1.82, 2.24) is 15.5 Å². The van der Waals surface area contributed by atoms with Crippen LogP contribution >= 0.6 is 0 Å². The molecule has 3 amide bonds. The van der Waals surface area contributed by atoms with Gasteiger partial charge in [0.15, 0.2) is 5.96 Å². The third-order valence-electron chi connectivity index (χ3n) is 7.60. The topological polar surface area (TPSA) is 224 Å². The Morgan fingerprint density at radius 2 is 1.59 bits per heavy atom. The van der Waals surface area contributed by atoms with Gasteiger partial charge >= 0.3 is 0 Å². The van der Waals surface area contributed by atoms with Crippen molar-refractivity contribution in [3.8, 4) is 11.5 Å². The second-order valence-electron chi connectivity index (χ2n) is 11.3. The number of phenols is 2. The molecule has 240 valence electrons. The number of carbonyl (C=O) groups excluding carboxylic acids is 3. The lowest BCUT2D eigenvalue weighted by atomic mass is 10.0. The molecule has 13 nitrogen and oxygen atoms in total. The van der Waals surface area contributed by atoms with Crippen LogP contribution < -0.4 is 22.1 Å². The first-order valence-electron chi connectivity index (χ1n) is 14.8. The van der Waals surface area contributed by atoms with Crippen LogP contribution in [-0.2, 0) is 27.2 Å². The van der Waals surface area contributed by atoms with Crippen molar-refractivity contribution in [2.75, 3.05) is 19.7 Å². The maximum absolute atomic E-state index is 14.0. The summed E-state index contributed by atoms with van der Waals surface area (Å²) in [7, 11) is 0. The fourth-order valence-corrected chi connectivity index (χ4v) is 5.22. The van der Waals surface area contributed by atoms with Gasteiger partial charge in [0, 0.05) is 19.5 Å². The Balaban J connectivity index is 1.72. The van der Waals surface area contributed by atoms with E-state index in [1.54, 1.807) is 24.3 Å². The van der Waals surface area contributed by atoms with Crippen LogP contribution in [0.25, 0.3) is 0 Å². The number of likely N-dealkylation sites (tertiary alicyclic amines) is 1. The highest BCUT2D eigenvalue weighted by Gasteiger charge is 2.41. The fraction of sp³-hybridized carbons (Fsp3) is 0.484. The van der Waals surface area contributed by atoms with Gasteiger partial charge in [0.05, 0.1) is 12.6 Å². The Bertz CT molecular complexity index is 1270. The number of hydrogen-bond donors (Lipinski definition) is 8. The van der Waals surface area contributed by atoms with E-state index in [0.717, 1.165) is 5.56 Å². The van der Waals surface area contributed by atoms with Crippen molar-refractivity contribution in [3.05, 3.63) is 59.7 Å². The normalized spacial score (nSPS) is 18.2. The molecule has 2 aromatic carbocycles. The molecule has 2 aromatic rings. The molecule has 0 radical (unpaired) electrons. The fourth-order valence-electron chi connectivity index (χ4n) is 5.22. The largest absolute Gasteiger partial charge is 0.508 e. The second-order valence-corrected chi connectivity index (χ2v) is 11.3. The number of aliphatic imine (C=N–C) groups is 1. The Morgan fingerprint density at radius 1 is 0.977 bits per heavy atom. The quantitative estimate of drug-likeness (QED) is 0.0762. The molecule has 0 saturated carbocycles. The zero-order valence-electron chi connectivity index (χ0n) is 24.9. The summed E-state index contributed by atoms with van der Waals surface area (Å²) in [5.41, 5.74) is 12.2. The first-order chi connectivity index (χ1) is 21.0. The van der Waals surface area contributed by atoms with E-state index in [4.69, 9.17) is 11.5 Å². The number of guanidine groups is 1. The van der Waals surface area contributed by atoms with Gasteiger partial charge in [-0.25, -0.2) is 0 Å². The SMILES string of the molecule is CC1C[C@@H](C(=O)N[C@@H](CO)CCCN=C(N)N)N(C(=O)[C@@H](Cc2ccc(O)cc2)NC(=O)C(O)CCc2ccc(O)cc2)C1. The molecule has 0 aromatic heterocycles. The number of phenolic OH excluding ortho intramolecular Hbond substituents is 2. The molecule has 10 N–H and O–H groups in total. The van der Waals surface area contributed by atoms with E-state index >= 15 is 0 Å². The van der Waals surface area contributed by atoms with Gasteiger partial charge < -0.3 is 47.4 Å². The molecule has 1 aliphatic heterocycles. The van der Waals surface area contributed by atoms with E-state index < -0.39 is 42.0 Å². The molecule has 1 aliphatic rings. The van der Waals surface area contributed by atoms with Crippen molar-refractivity contribution in [2.45, 2.75) is 69.7 Å². The van der Waals surface area contributed by atoms with E-state index in [1.165, 1.54) is 29.2 Å². The lowest BCUT2D eigenvalue weighted by Gasteiger charge is -2.30. The summed E-state index contributed by atoms with van der Waals surface area (Å²) in [6.07, 6.45) is 0.487. The molecule has 1 saturated heterocycles. The first-order valence-corrected chi connectivity index (χ1v) is 14.8. The van der Waals surface area contributed by atoms with Gasteiger partial charge in [-0.15, -0.1) is 0 Å². The third-order valence-corrected chi connectivity index (χ3v) is 7.60. The molecule has 3 rings (SSSR count). The van der Waals surface area contributed by atoms with Crippen LogP contribution in [0.5, 0.6) is 11.5 Å². The monoisotopic (exact) mass is 612 g/mol. The highest BCUT2D eigenvalue weighted by molar-refractivity contribution is 5.93. The molecule has 13 heteroatoms. The van der Waals surface area contributed by atoms with E-state index in [9.17, 15) is 34.8 Å². The predicted molar refractivity (Wildman–Crippen MR) is 164 cm³/mol. The summed E-state index contributed by atoms with van der Waals surface area (Å²) in [5.74, 6) is -1.49. The number of aromatic hydroxyl groups is 2. The van der Waals surface area contributed by atoms with E-state index in [0.29, 0.717) is 37.8 Å². The van der Waals surface area contributed by atoms with Gasteiger partial charge in [0.2, 0.25) is 17.7 Å². The number of nitrogens with zero attached hydrogens (tertiary/aromatic N) is 2. The molecule has 1 heterocycles. The lowest BCUT2D eigenvalue weighted by Crippen LogP contribution is -2.56. The van der Waals surface area contributed by atoms with Crippen LogP contribution in [0.1, 0.15) is 43.7 Å². The number of aliphatic hydroxyl groups excluding tert-OH is 2. The van der Waals surface area contributed by atoms with Crippen LogP contribution in [-0.4, -0.2) is 92.9 Å². The maximum atomic E-state index is 14.0. The minimum absolute atomic E-state index is 0.00469. The second kappa shape index (κ2) is 16.5. The van der Waals surface area contributed by atoms with Crippen molar-refractivity contribution < 1.29 is 34.8 Å². The van der Waals surface area contributed by atoms with Crippen LogP contribution in [0, 0.1) is 5.92 Å². The minimum atomic E-state index is -1.40. The van der Waals surface area contributed by atoms with Crippen LogP contribution in [0.2, 0.25) is 0 Å². The van der Waals surface area contributed by atoms with Crippen LogP contribution in [0.15, 0.2) is 53.5 Å². The predicted octanol–water partition coefficient (Wildman–Crippen LogP) is -0.113. The summed E-state index contributed by atoms with van der Waals surface area (Å²) in [6, 6.07) is 10.2. The molecule has 5 atom stereocenters. The third kappa shape index (κ3) is 10.4. The Hall–Kier alpha value is -4.36. The van der Waals surface area contributed by atoms with E-state index in [1.807, 2.05) is 6.92 Å². The van der Waals surface area contributed by atoms with Gasteiger partial charge in [-0.1, -0.05) is 31.2 Å². The number of nitrogens with one attached hydrogen (secondary N) is 2. The zero-order chi connectivity index (χ0) is 32.2.